The summed E-state index contributed by atoms with van der Waals surface area (Å²) in [5, 5.41) is 28.0. The molecule has 2 unspecified atom stereocenters. The molecule has 3 N–H and O–H groups in total. The van der Waals surface area contributed by atoms with Crippen LogP contribution in [0.1, 0.15) is 25.0 Å². The van der Waals surface area contributed by atoms with Crippen LogP contribution in [0.3, 0.4) is 0 Å². The molecule has 7 heteroatoms. The number of rotatable bonds is 7. The molecule has 0 radical (unpaired) electrons. The van der Waals surface area contributed by atoms with Crippen molar-refractivity contribution in [2.45, 2.75) is 38.1 Å². The van der Waals surface area contributed by atoms with Gasteiger partial charge in [0.15, 0.2) is 0 Å². The second-order valence-electron chi connectivity index (χ2n) is 6.47. The Balaban J connectivity index is 2.12. The monoisotopic (exact) mass is 352 g/mol. The topological polar surface area (TPSA) is 105 Å². The van der Waals surface area contributed by atoms with Crippen LogP contribution >= 0.6 is 0 Å². The Kier molecular flexibility index (Phi) is 6.05. The minimum Gasteiger partial charge on any atom is -0.496 e. The number of benzene rings is 1. The number of fused-ring (bicyclic) bond motifs is 1. The summed E-state index contributed by atoms with van der Waals surface area (Å²) in [6.07, 6.45) is 1.87. The number of carbonyl (C=O) groups is 1. The van der Waals surface area contributed by atoms with Crippen LogP contribution in [0.4, 0.5) is 0 Å². The summed E-state index contributed by atoms with van der Waals surface area (Å²) in [5.74, 6) is 0.532. The highest BCUT2D eigenvalue weighted by Crippen LogP contribution is 2.38. The van der Waals surface area contributed by atoms with Crippen molar-refractivity contribution in [3.63, 3.8) is 0 Å². The molecule has 0 fully saturated rings. The smallest absolute Gasteiger partial charge is 0.330 e. The van der Waals surface area contributed by atoms with Gasteiger partial charge in [-0.1, -0.05) is 0 Å². The molecule has 0 aliphatic carbocycles. The molecule has 1 aliphatic heterocycles. The Labute approximate surface area is 146 Å². The standard InChI is InChI=1S/C18H24O7/c1-18(2,22)16-7-12-6-11(14(23-3)8-15(12)25-16)4-5-17(21)24-10-13(20)9-19/h4-6,8,13,16,19-20,22H,7,9-10H2,1-3H3. The first-order valence-corrected chi connectivity index (χ1v) is 7.98. The molecule has 7 nitrogen and oxygen atoms in total. The van der Waals surface area contributed by atoms with Crippen LogP contribution in [0.15, 0.2) is 18.2 Å². The van der Waals surface area contributed by atoms with Gasteiger partial charge in [0.1, 0.15) is 30.3 Å². The van der Waals surface area contributed by atoms with Gasteiger partial charge in [-0.2, -0.15) is 0 Å². The summed E-state index contributed by atoms with van der Waals surface area (Å²) < 4.78 is 15.9. The van der Waals surface area contributed by atoms with E-state index in [2.05, 4.69) is 0 Å². The lowest BCUT2D eigenvalue weighted by Crippen LogP contribution is -2.39. The molecule has 2 atom stereocenters. The molecule has 1 aromatic rings. The molecular weight excluding hydrogens is 328 g/mol. The number of methoxy groups -OCH3 is 1. The van der Waals surface area contributed by atoms with Gasteiger partial charge >= 0.3 is 5.97 Å². The van der Waals surface area contributed by atoms with E-state index in [1.807, 2.05) is 6.07 Å². The lowest BCUT2D eigenvalue weighted by molar-refractivity contribution is -0.141. The first-order valence-electron chi connectivity index (χ1n) is 7.98. The molecule has 25 heavy (non-hydrogen) atoms. The fourth-order valence-corrected chi connectivity index (χ4v) is 2.43. The van der Waals surface area contributed by atoms with Crippen molar-refractivity contribution >= 4 is 12.0 Å². The molecule has 1 heterocycles. The maximum Gasteiger partial charge on any atom is 0.330 e. The Morgan fingerprint density at radius 1 is 1.48 bits per heavy atom. The summed E-state index contributed by atoms with van der Waals surface area (Å²) in [4.78, 5) is 11.7. The number of aliphatic hydroxyl groups is 3. The third kappa shape index (κ3) is 4.94. The van der Waals surface area contributed by atoms with E-state index in [0.717, 1.165) is 5.56 Å². The Hall–Kier alpha value is -2.09. The van der Waals surface area contributed by atoms with Gasteiger partial charge in [-0.3, -0.25) is 0 Å². The fourth-order valence-electron chi connectivity index (χ4n) is 2.43. The van der Waals surface area contributed by atoms with Crippen LogP contribution in [0.25, 0.3) is 6.08 Å². The van der Waals surface area contributed by atoms with Crippen molar-refractivity contribution < 1.29 is 34.3 Å². The summed E-state index contributed by atoms with van der Waals surface area (Å²) in [6.45, 7) is 2.64. The van der Waals surface area contributed by atoms with Crippen molar-refractivity contribution in [3.8, 4) is 11.5 Å². The zero-order valence-corrected chi connectivity index (χ0v) is 14.6. The van der Waals surface area contributed by atoms with E-state index >= 15 is 0 Å². The van der Waals surface area contributed by atoms with E-state index in [0.29, 0.717) is 23.5 Å². The second kappa shape index (κ2) is 7.86. The molecule has 138 valence electrons. The number of aliphatic hydroxyl groups excluding tert-OH is 2. The minimum absolute atomic E-state index is 0.276. The van der Waals surface area contributed by atoms with E-state index in [-0.39, 0.29) is 12.7 Å². The third-order valence-corrected chi connectivity index (χ3v) is 3.90. The van der Waals surface area contributed by atoms with Crippen molar-refractivity contribution in [3.05, 3.63) is 29.3 Å². The highest BCUT2D eigenvalue weighted by Gasteiger charge is 2.35. The Morgan fingerprint density at radius 2 is 2.20 bits per heavy atom. The molecule has 0 bridgehead atoms. The van der Waals surface area contributed by atoms with Gasteiger partial charge in [0.2, 0.25) is 0 Å². The van der Waals surface area contributed by atoms with E-state index in [1.54, 1.807) is 26.0 Å². The normalized spacial score (nSPS) is 17.9. The maximum atomic E-state index is 11.7. The van der Waals surface area contributed by atoms with Gasteiger partial charge in [0.05, 0.1) is 19.3 Å². The highest BCUT2D eigenvalue weighted by molar-refractivity contribution is 5.87. The van der Waals surface area contributed by atoms with E-state index < -0.39 is 24.3 Å². The van der Waals surface area contributed by atoms with Crippen LogP contribution in [0.2, 0.25) is 0 Å². The number of ether oxygens (including phenoxy) is 3. The maximum absolute atomic E-state index is 11.7. The fraction of sp³-hybridized carbons (Fsp3) is 0.500. The van der Waals surface area contributed by atoms with E-state index in [1.165, 1.54) is 13.2 Å². The lowest BCUT2D eigenvalue weighted by Gasteiger charge is -2.24. The van der Waals surface area contributed by atoms with Crippen LogP contribution in [0, 0.1) is 0 Å². The Morgan fingerprint density at radius 3 is 2.80 bits per heavy atom. The van der Waals surface area contributed by atoms with Gasteiger partial charge < -0.3 is 29.5 Å². The molecule has 1 aromatic carbocycles. The van der Waals surface area contributed by atoms with Crippen molar-refractivity contribution in [2.75, 3.05) is 20.3 Å². The summed E-state index contributed by atoms with van der Waals surface area (Å²) >= 11 is 0. The van der Waals surface area contributed by atoms with Crippen molar-refractivity contribution in [2.24, 2.45) is 0 Å². The van der Waals surface area contributed by atoms with E-state index in [4.69, 9.17) is 24.4 Å². The average Bonchev–Trinajstić information content (AvgIpc) is 2.99. The molecule has 0 aromatic heterocycles. The molecule has 0 amide bonds. The lowest BCUT2D eigenvalue weighted by atomic mass is 9.96. The predicted octanol–water partition coefficient (Wildman–Crippen LogP) is 0.679. The zero-order valence-electron chi connectivity index (χ0n) is 14.6. The quantitative estimate of drug-likeness (QED) is 0.489. The van der Waals surface area contributed by atoms with Gasteiger partial charge in [-0.15, -0.1) is 0 Å². The highest BCUT2D eigenvalue weighted by atomic mass is 16.5. The largest absolute Gasteiger partial charge is 0.496 e. The molecule has 2 rings (SSSR count). The molecule has 0 saturated carbocycles. The summed E-state index contributed by atoms with van der Waals surface area (Å²) in [7, 11) is 1.51. The van der Waals surface area contributed by atoms with Gasteiger partial charge in [0.25, 0.3) is 0 Å². The first-order chi connectivity index (χ1) is 11.7. The Bertz CT molecular complexity index is 646. The van der Waals surface area contributed by atoms with Gasteiger partial charge in [-0.05, 0) is 31.6 Å². The number of hydrogen-bond acceptors (Lipinski definition) is 7. The average molecular weight is 352 g/mol. The minimum atomic E-state index is -1.09. The molecule has 0 spiro atoms. The van der Waals surface area contributed by atoms with E-state index in [9.17, 15) is 9.90 Å². The second-order valence-corrected chi connectivity index (χ2v) is 6.47. The third-order valence-electron chi connectivity index (χ3n) is 3.90. The van der Waals surface area contributed by atoms with Crippen molar-refractivity contribution in [1.82, 2.24) is 0 Å². The van der Waals surface area contributed by atoms with Gasteiger partial charge in [-0.25, -0.2) is 4.79 Å². The summed E-state index contributed by atoms with van der Waals surface area (Å²) in [5.41, 5.74) is 0.608. The molecule has 0 saturated heterocycles. The first kappa shape index (κ1) is 19.2. The number of hydrogen-bond donors (Lipinski definition) is 3. The SMILES string of the molecule is COc1cc2c(cc1C=CC(=O)OCC(O)CO)CC(C(C)(C)O)O2. The molecule has 1 aliphatic rings. The zero-order chi connectivity index (χ0) is 18.6. The van der Waals surface area contributed by atoms with Gasteiger partial charge in [0, 0.05) is 24.1 Å². The molecular formula is C18H24O7. The van der Waals surface area contributed by atoms with Crippen molar-refractivity contribution in [1.29, 1.82) is 0 Å². The summed E-state index contributed by atoms with van der Waals surface area (Å²) in [6, 6.07) is 3.56. The number of esters is 1. The van der Waals surface area contributed by atoms with Crippen LogP contribution < -0.4 is 9.47 Å². The van der Waals surface area contributed by atoms with Crippen LogP contribution in [-0.2, 0) is 16.0 Å². The van der Waals surface area contributed by atoms with Crippen LogP contribution in [0.5, 0.6) is 11.5 Å². The predicted molar refractivity (Wildman–Crippen MR) is 90.5 cm³/mol. The van der Waals surface area contributed by atoms with Crippen LogP contribution in [-0.4, -0.2) is 59.4 Å². The number of carbonyl (C=O) groups excluding carboxylic acids is 1.